The molecule has 6 nitrogen and oxygen atoms in total. The van der Waals surface area contributed by atoms with Crippen LogP contribution < -0.4 is 10.6 Å². The van der Waals surface area contributed by atoms with Crippen molar-refractivity contribution in [2.24, 2.45) is 0 Å². The summed E-state index contributed by atoms with van der Waals surface area (Å²) in [7, 11) is 0. The van der Waals surface area contributed by atoms with Crippen LogP contribution in [0.25, 0.3) is 0 Å². The molecular formula is C5H4N4O2S. The third-order valence-electron chi connectivity index (χ3n) is 1.41. The number of nitrogens with one attached hydrogen (secondary N) is 2. The third kappa shape index (κ3) is 1.03. The topological polar surface area (TPSA) is 84.0 Å². The zero-order chi connectivity index (χ0) is 8.55. The molecule has 1 atom stereocenters. The first kappa shape index (κ1) is 7.17. The molecule has 12 heavy (non-hydrogen) atoms. The number of nitrogens with zero attached hydrogens (tertiary/aromatic N) is 2. The molecule has 0 aliphatic carbocycles. The van der Waals surface area contributed by atoms with Crippen LogP contribution in [0, 0.1) is 0 Å². The largest absolute Gasteiger partial charge is 0.322 e. The van der Waals surface area contributed by atoms with Crippen LogP contribution in [0.4, 0.5) is 4.79 Å². The lowest BCUT2D eigenvalue weighted by atomic mass is 10.3. The molecule has 1 aromatic heterocycles. The zero-order valence-electron chi connectivity index (χ0n) is 5.77. The molecule has 1 aliphatic heterocycles. The van der Waals surface area contributed by atoms with Crippen molar-refractivity contribution in [2.75, 3.05) is 0 Å². The zero-order valence-corrected chi connectivity index (χ0v) is 6.59. The van der Waals surface area contributed by atoms with Crippen molar-refractivity contribution in [3.05, 3.63) is 11.3 Å². The van der Waals surface area contributed by atoms with Gasteiger partial charge in [-0.3, -0.25) is 10.1 Å². The van der Waals surface area contributed by atoms with Gasteiger partial charge >= 0.3 is 6.03 Å². The summed E-state index contributed by atoms with van der Waals surface area (Å²) < 4.78 is 3.84. The van der Waals surface area contributed by atoms with Gasteiger partial charge in [0.1, 0.15) is 5.51 Å². The van der Waals surface area contributed by atoms with E-state index in [4.69, 9.17) is 0 Å². The summed E-state index contributed by atoms with van der Waals surface area (Å²) >= 11 is 1.14. The van der Waals surface area contributed by atoms with E-state index in [2.05, 4.69) is 20.0 Å². The van der Waals surface area contributed by atoms with Crippen molar-refractivity contribution >= 4 is 23.5 Å². The van der Waals surface area contributed by atoms with E-state index in [1.807, 2.05) is 0 Å². The normalized spacial score (nSPS) is 22.2. The van der Waals surface area contributed by atoms with Crippen LogP contribution in [0.5, 0.6) is 0 Å². The van der Waals surface area contributed by atoms with Crippen LogP contribution >= 0.6 is 11.5 Å². The minimum absolute atomic E-state index is 0.336. The molecule has 2 N–H and O–H groups in total. The Bertz CT molecular complexity index is 322. The van der Waals surface area contributed by atoms with Gasteiger partial charge in [-0.1, -0.05) is 0 Å². The molecule has 0 saturated carbocycles. The number of hydrogen-bond donors (Lipinski definition) is 2. The molecule has 1 aromatic rings. The molecular weight excluding hydrogens is 180 g/mol. The summed E-state index contributed by atoms with van der Waals surface area (Å²) in [4.78, 5) is 25.5. The first-order chi connectivity index (χ1) is 5.77. The Balaban J connectivity index is 2.26. The Morgan fingerprint density at radius 1 is 1.50 bits per heavy atom. The molecule has 3 amide bonds. The van der Waals surface area contributed by atoms with Gasteiger partial charge in [-0.05, 0) is 11.5 Å². The summed E-state index contributed by atoms with van der Waals surface area (Å²) in [6, 6.07) is -1.22. The van der Waals surface area contributed by atoms with Gasteiger partial charge in [-0.25, -0.2) is 9.78 Å². The number of carbonyl (C=O) groups is 2. The number of imide groups is 1. The summed E-state index contributed by atoms with van der Waals surface area (Å²) in [6.07, 6.45) is 0. The molecule has 0 spiro atoms. The molecule has 62 valence electrons. The van der Waals surface area contributed by atoms with E-state index in [1.54, 1.807) is 0 Å². The van der Waals surface area contributed by atoms with Crippen LogP contribution in [-0.2, 0) is 4.79 Å². The molecule has 7 heteroatoms. The highest BCUT2D eigenvalue weighted by Crippen LogP contribution is 2.12. The first-order valence-electron chi connectivity index (χ1n) is 3.15. The fourth-order valence-electron chi connectivity index (χ4n) is 0.905. The monoisotopic (exact) mass is 184 g/mol. The summed E-state index contributed by atoms with van der Waals surface area (Å²) in [5.41, 5.74) is 1.51. The highest BCUT2D eigenvalue weighted by molar-refractivity contribution is 7.03. The predicted molar refractivity (Wildman–Crippen MR) is 39.3 cm³/mol. The highest BCUT2D eigenvalue weighted by Gasteiger charge is 2.33. The van der Waals surface area contributed by atoms with Crippen LogP contribution in [0.15, 0.2) is 5.51 Å². The lowest BCUT2D eigenvalue weighted by Crippen LogP contribution is -2.22. The van der Waals surface area contributed by atoms with Gasteiger partial charge in [0, 0.05) is 0 Å². The third-order valence-corrected chi connectivity index (χ3v) is 1.90. The first-order valence-corrected chi connectivity index (χ1v) is 3.98. The summed E-state index contributed by atoms with van der Waals surface area (Å²) in [6.45, 7) is 0. The fraction of sp³-hybridized carbons (Fsp3) is 0.200. The maximum atomic E-state index is 11.0. The van der Waals surface area contributed by atoms with E-state index in [0.717, 1.165) is 11.5 Å². The summed E-state index contributed by atoms with van der Waals surface area (Å²) in [5.74, 6) is -0.0678. The minimum atomic E-state index is -0.719. The standard InChI is InChI=1S/C5H4N4O2S/c10-4-2(7-5(11)8-4)3-6-1-12-9-3/h1-2H,(H2,7,8,10,11). The smallest absolute Gasteiger partial charge is 0.319 e. The Morgan fingerprint density at radius 3 is 2.83 bits per heavy atom. The van der Waals surface area contributed by atoms with Crippen LogP contribution in [0.2, 0.25) is 0 Å². The molecule has 2 rings (SSSR count). The second kappa shape index (κ2) is 2.52. The maximum absolute atomic E-state index is 11.0. The van der Waals surface area contributed by atoms with E-state index >= 15 is 0 Å². The van der Waals surface area contributed by atoms with E-state index in [9.17, 15) is 9.59 Å². The van der Waals surface area contributed by atoms with E-state index in [0.29, 0.717) is 5.82 Å². The number of rotatable bonds is 1. The number of urea groups is 1. The average Bonchev–Trinajstić information content (AvgIpc) is 2.58. The van der Waals surface area contributed by atoms with Crippen molar-refractivity contribution in [1.29, 1.82) is 0 Å². The van der Waals surface area contributed by atoms with Crippen LogP contribution in [0.1, 0.15) is 11.9 Å². The van der Waals surface area contributed by atoms with E-state index in [-0.39, 0.29) is 0 Å². The molecule has 1 saturated heterocycles. The highest BCUT2D eigenvalue weighted by atomic mass is 32.1. The van der Waals surface area contributed by atoms with E-state index < -0.39 is 18.0 Å². The predicted octanol–water partition coefficient (Wildman–Crippen LogP) is -0.581. The summed E-state index contributed by atoms with van der Waals surface area (Å²) in [5, 5.41) is 4.48. The van der Waals surface area contributed by atoms with Crippen molar-refractivity contribution < 1.29 is 9.59 Å². The quantitative estimate of drug-likeness (QED) is 0.572. The van der Waals surface area contributed by atoms with Crippen molar-refractivity contribution in [3.63, 3.8) is 0 Å². The number of amides is 3. The van der Waals surface area contributed by atoms with Crippen molar-refractivity contribution in [3.8, 4) is 0 Å². The van der Waals surface area contributed by atoms with Crippen molar-refractivity contribution in [1.82, 2.24) is 20.0 Å². The van der Waals surface area contributed by atoms with Gasteiger partial charge < -0.3 is 5.32 Å². The lowest BCUT2D eigenvalue weighted by molar-refractivity contribution is -0.120. The Labute approximate surface area is 71.2 Å². The maximum Gasteiger partial charge on any atom is 0.322 e. The lowest BCUT2D eigenvalue weighted by Gasteiger charge is -1.98. The fourth-order valence-corrected chi connectivity index (χ4v) is 1.37. The van der Waals surface area contributed by atoms with Gasteiger partial charge in [0.2, 0.25) is 0 Å². The van der Waals surface area contributed by atoms with Gasteiger partial charge in [0.25, 0.3) is 5.91 Å². The molecule has 1 unspecified atom stereocenters. The van der Waals surface area contributed by atoms with Crippen LogP contribution in [-0.4, -0.2) is 21.3 Å². The van der Waals surface area contributed by atoms with Crippen molar-refractivity contribution in [2.45, 2.75) is 6.04 Å². The average molecular weight is 184 g/mol. The van der Waals surface area contributed by atoms with Gasteiger partial charge in [0.05, 0.1) is 0 Å². The molecule has 1 aliphatic rings. The molecule has 1 fully saturated rings. The molecule has 2 heterocycles. The number of aromatic nitrogens is 2. The SMILES string of the molecule is O=C1NC(=O)C(c2ncsn2)N1. The second-order valence-corrected chi connectivity index (χ2v) is 2.79. The van der Waals surface area contributed by atoms with Gasteiger partial charge in [0.15, 0.2) is 11.9 Å². The number of hydrogen-bond acceptors (Lipinski definition) is 5. The molecule has 0 radical (unpaired) electrons. The molecule has 0 aromatic carbocycles. The minimum Gasteiger partial charge on any atom is -0.319 e. The van der Waals surface area contributed by atoms with E-state index in [1.165, 1.54) is 5.51 Å². The van der Waals surface area contributed by atoms with Gasteiger partial charge in [-0.15, -0.1) is 0 Å². The Kier molecular flexibility index (Phi) is 1.51. The molecule has 0 bridgehead atoms. The van der Waals surface area contributed by atoms with Crippen LogP contribution in [0.3, 0.4) is 0 Å². The van der Waals surface area contributed by atoms with Gasteiger partial charge in [-0.2, -0.15) is 4.37 Å². The number of carbonyl (C=O) groups excluding carboxylic acids is 2. The Hall–Kier alpha value is -1.50. The Morgan fingerprint density at radius 2 is 2.33 bits per heavy atom. The second-order valence-electron chi connectivity index (χ2n) is 2.19.